The molecule has 2 amide bonds. The van der Waals surface area contributed by atoms with E-state index in [9.17, 15) is 14.0 Å². The van der Waals surface area contributed by atoms with Gasteiger partial charge in [-0.3, -0.25) is 9.59 Å². The SMILES string of the molecule is COc1cccc(CN(CC(N)=O)C(=O)c2cccc(F)c2)c1. The molecular weight excluding hydrogens is 299 g/mol. The van der Waals surface area contributed by atoms with Crippen LogP contribution in [-0.2, 0) is 11.3 Å². The van der Waals surface area contributed by atoms with E-state index in [2.05, 4.69) is 0 Å². The van der Waals surface area contributed by atoms with Gasteiger partial charge < -0.3 is 15.4 Å². The lowest BCUT2D eigenvalue weighted by Gasteiger charge is -2.21. The maximum atomic E-state index is 13.3. The Morgan fingerprint density at radius 2 is 1.91 bits per heavy atom. The van der Waals surface area contributed by atoms with Gasteiger partial charge in [0, 0.05) is 12.1 Å². The van der Waals surface area contributed by atoms with Crippen molar-refractivity contribution in [3.8, 4) is 5.75 Å². The fraction of sp³-hybridized carbons (Fsp3) is 0.176. The first-order chi connectivity index (χ1) is 11.0. The molecule has 0 aliphatic heterocycles. The van der Waals surface area contributed by atoms with E-state index in [4.69, 9.17) is 10.5 Å². The highest BCUT2D eigenvalue weighted by Gasteiger charge is 2.18. The van der Waals surface area contributed by atoms with Crippen molar-refractivity contribution < 1.29 is 18.7 Å². The molecule has 2 N–H and O–H groups in total. The van der Waals surface area contributed by atoms with Gasteiger partial charge in [-0.25, -0.2) is 4.39 Å². The van der Waals surface area contributed by atoms with E-state index in [0.29, 0.717) is 5.75 Å². The molecule has 0 aliphatic carbocycles. The monoisotopic (exact) mass is 316 g/mol. The molecular formula is C17H17FN2O3. The van der Waals surface area contributed by atoms with E-state index >= 15 is 0 Å². The highest BCUT2D eigenvalue weighted by Crippen LogP contribution is 2.16. The Labute approximate surface area is 133 Å². The molecule has 0 aromatic heterocycles. The summed E-state index contributed by atoms with van der Waals surface area (Å²) >= 11 is 0. The Bertz CT molecular complexity index is 718. The Balaban J connectivity index is 2.25. The highest BCUT2D eigenvalue weighted by molar-refractivity contribution is 5.96. The highest BCUT2D eigenvalue weighted by atomic mass is 19.1. The molecule has 0 aliphatic rings. The third kappa shape index (κ3) is 4.54. The van der Waals surface area contributed by atoms with Gasteiger partial charge in [0.2, 0.25) is 5.91 Å². The molecule has 0 saturated heterocycles. The molecule has 23 heavy (non-hydrogen) atoms. The van der Waals surface area contributed by atoms with Gasteiger partial charge in [0.1, 0.15) is 11.6 Å². The van der Waals surface area contributed by atoms with Crippen molar-refractivity contribution in [1.29, 1.82) is 0 Å². The van der Waals surface area contributed by atoms with Crippen molar-refractivity contribution in [3.05, 3.63) is 65.5 Å². The minimum Gasteiger partial charge on any atom is -0.497 e. The van der Waals surface area contributed by atoms with Crippen LogP contribution >= 0.6 is 0 Å². The Morgan fingerprint density at radius 3 is 2.57 bits per heavy atom. The van der Waals surface area contributed by atoms with Gasteiger partial charge in [0.15, 0.2) is 0 Å². The van der Waals surface area contributed by atoms with Crippen molar-refractivity contribution in [2.24, 2.45) is 5.73 Å². The van der Waals surface area contributed by atoms with E-state index in [1.165, 1.54) is 30.2 Å². The number of halogens is 1. The normalized spacial score (nSPS) is 10.2. The molecule has 0 saturated carbocycles. The van der Waals surface area contributed by atoms with Gasteiger partial charge in [-0.15, -0.1) is 0 Å². The second-order valence-corrected chi connectivity index (χ2v) is 4.99. The zero-order chi connectivity index (χ0) is 16.8. The largest absolute Gasteiger partial charge is 0.497 e. The topological polar surface area (TPSA) is 72.6 Å². The number of nitrogens with zero attached hydrogens (tertiary/aromatic N) is 1. The molecule has 2 aromatic carbocycles. The summed E-state index contributed by atoms with van der Waals surface area (Å²) in [4.78, 5) is 25.0. The zero-order valence-electron chi connectivity index (χ0n) is 12.7. The summed E-state index contributed by atoms with van der Waals surface area (Å²) < 4.78 is 18.4. The molecule has 0 fully saturated rings. The summed E-state index contributed by atoms with van der Waals surface area (Å²) in [7, 11) is 1.54. The van der Waals surface area contributed by atoms with E-state index in [1.807, 2.05) is 0 Å². The van der Waals surface area contributed by atoms with Crippen LogP contribution in [0.5, 0.6) is 5.75 Å². The lowest BCUT2D eigenvalue weighted by atomic mass is 10.1. The van der Waals surface area contributed by atoms with Crippen LogP contribution in [0.2, 0.25) is 0 Å². The molecule has 0 spiro atoms. The Morgan fingerprint density at radius 1 is 1.17 bits per heavy atom. The molecule has 2 rings (SSSR count). The zero-order valence-corrected chi connectivity index (χ0v) is 12.7. The molecule has 5 nitrogen and oxygen atoms in total. The molecule has 0 radical (unpaired) electrons. The smallest absolute Gasteiger partial charge is 0.254 e. The van der Waals surface area contributed by atoms with Crippen LogP contribution in [0.4, 0.5) is 4.39 Å². The van der Waals surface area contributed by atoms with Crippen molar-refractivity contribution in [3.63, 3.8) is 0 Å². The molecule has 0 heterocycles. The standard InChI is InChI=1S/C17H17FN2O3/c1-23-15-7-2-4-12(8-15)10-20(11-16(19)21)17(22)13-5-3-6-14(18)9-13/h2-9H,10-11H2,1H3,(H2,19,21). The lowest BCUT2D eigenvalue weighted by molar-refractivity contribution is -0.118. The lowest BCUT2D eigenvalue weighted by Crippen LogP contribution is -2.38. The van der Waals surface area contributed by atoms with E-state index in [1.54, 1.807) is 24.3 Å². The van der Waals surface area contributed by atoms with Crippen LogP contribution in [0.25, 0.3) is 0 Å². The minimum absolute atomic E-state index is 0.161. The van der Waals surface area contributed by atoms with Crippen LogP contribution < -0.4 is 10.5 Å². The number of methoxy groups -OCH3 is 1. The molecule has 120 valence electrons. The average Bonchev–Trinajstić information content (AvgIpc) is 2.53. The number of hydrogen-bond donors (Lipinski definition) is 1. The fourth-order valence-corrected chi connectivity index (χ4v) is 2.18. The number of hydrogen-bond acceptors (Lipinski definition) is 3. The van der Waals surface area contributed by atoms with Gasteiger partial charge in [0.25, 0.3) is 5.91 Å². The number of rotatable bonds is 6. The Kier molecular flexibility index (Phi) is 5.30. The van der Waals surface area contributed by atoms with Crippen molar-refractivity contribution in [2.45, 2.75) is 6.54 Å². The minimum atomic E-state index is -0.641. The van der Waals surface area contributed by atoms with E-state index < -0.39 is 17.6 Å². The summed E-state index contributed by atoms with van der Waals surface area (Å²) in [5, 5.41) is 0. The predicted octanol–water partition coefficient (Wildman–Crippen LogP) is 1.96. The van der Waals surface area contributed by atoms with Gasteiger partial charge in [0.05, 0.1) is 13.7 Å². The predicted molar refractivity (Wildman–Crippen MR) is 83.3 cm³/mol. The number of nitrogens with two attached hydrogens (primary N) is 1. The third-order valence-corrected chi connectivity index (χ3v) is 3.21. The van der Waals surface area contributed by atoms with Gasteiger partial charge in [-0.05, 0) is 35.9 Å². The second-order valence-electron chi connectivity index (χ2n) is 4.99. The number of primary amides is 1. The summed E-state index contributed by atoms with van der Waals surface area (Å²) in [5.41, 5.74) is 6.15. The molecule has 0 bridgehead atoms. The number of ether oxygens (including phenoxy) is 1. The molecule has 2 aromatic rings. The average molecular weight is 316 g/mol. The number of amides is 2. The maximum absolute atomic E-state index is 13.3. The van der Waals surface area contributed by atoms with Crippen LogP contribution in [-0.4, -0.2) is 30.4 Å². The van der Waals surface area contributed by atoms with Crippen LogP contribution in [0.1, 0.15) is 15.9 Å². The van der Waals surface area contributed by atoms with E-state index in [-0.39, 0.29) is 18.7 Å². The first-order valence-corrected chi connectivity index (χ1v) is 6.95. The quantitative estimate of drug-likeness (QED) is 0.885. The Hall–Kier alpha value is -2.89. The molecule has 0 atom stereocenters. The van der Waals surface area contributed by atoms with Crippen molar-refractivity contribution in [2.75, 3.05) is 13.7 Å². The van der Waals surface area contributed by atoms with Gasteiger partial charge >= 0.3 is 0 Å². The third-order valence-electron chi connectivity index (χ3n) is 3.21. The van der Waals surface area contributed by atoms with Gasteiger partial charge in [-0.1, -0.05) is 18.2 Å². The van der Waals surface area contributed by atoms with E-state index in [0.717, 1.165) is 11.6 Å². The van der Waals surface area contributed by atoms with Crippen LogP contribution in [0.15, 0.2) is 48.5 Å². The van der Waals surface area contributed by atoms with Gasteiger partial charge in [-0.2, -0.15) is 0 Å². The summed E-state index contributed by atoms with van der Waals surface area (Å²) in [5.74, 6) is -0.986. The van der Waals surface area contributed by atoms with Crippen LogP contribution in [0.3, 0.4) is 0 Å². The summed E-state index contributed by atoms with van der Waals surface area (Å²) in [6, 6.07) is 12.4. The van der Waals surface area contributed by atoms with Crippen molar-refractivity contribution in [1.82, 2.24) is 4.90 Å². The summed E-state index contributed by atoms with van der Waals surface area (Å²) in [6.07, 6.45) is 0. The van der Waals surface area contributed by atoms with Crippen LogP contribution in [0, 0.1) is 5.82 Å². The van der Waals surface area contributed by atoms with Crippen molar-refractivity contribution >= 4 is 11.8 Å². The molecule has 0 unspecified atom stereocenters. The first kappa shape index (κ1) is 16.5. The summed E-state index contributed by atoms with van der Waals surface area (Å²) in [6.45, 7) is -0.0952. The number of benzene rings is 2. The molecule has 6 heteroatoms. The number of carbonyl (C=O) groups excluding carboxylic acids is 2. The maximum Gasteiger partial charge on any atom is 0.254 e. The first-order valence-electron chi connectivity index (χ1n) is 6.95. The second kappa shape index (κ2) is 7.40. The fourth-order valence-electron chi connectivity index (χ4n) is 2.18. The number of carbonyl (C=O) groups is 2.